The smallest absolute Gasteiger partial charge is 0.135 e. The standard InChI is InChI=1S/C8H8N2OS2/c1-5(11)6-3-10-8(13-6)7-2-9-4-12-7/h2-5,11H,1H3. The van der Waals surface area contributed by atoms with E-state index in [0.29, 0.717) is 0 Å². The Labute approximate surface area is 83.7 Å². The maximum Gasteiger partial charge on any atom is 0.135 e. The van der Waals surface area contributed by atoms with E-state index in [2.05, 4.69) is 9.97 Å². The quantitative estimate of drug-likeness (QED) is 0.831. The lowest BCUT2D eigenvalue weighted by Gasteiger charge is -1.94. The lowest BCUT2D eigenvalue weighted by molar-refractivity contribution is 0.203. The third-order valence-electron chi connectivity index (χ3n) is 1.58. The second-order valence-electron chi connectivity index (χ2n) is 2.61. The fourth-order valence-electron chi connectivity index (χ4n) is 0.915. The lowest BCUT2D eigenvalue weighted by Crippen LogP contribution is -1.83. The minimum absolute atomic E-state index is 0.431. The van der Waals surface area contributed by atoms with Gasteiger partial charge in [0.05, 0.1) is 21.4 Å². The van der Waals surface area contributed by atoms with Gasteiger partial charge in [-0.2, -0.15) is 0 Å². The highest BCUT2D eigenvalue weighted by molar-refractivity contribution is 7.20. The summed E-state index contributed by atoms with van der Waals surface area (Å²) in [6.45, 7) is 1.74. The summed E-state index contributed by atoms with van der Waals surface area (Å²) in [6.07, 6.45) is 3.07. The van der Waals surface area contributed by atoms with Crippen LogP contribution in [0.4, 0.5) is 0 Å². The molecule has 0 aromatic carbocycles. The highest BCUT2D eigenvalue weighted by atomic mass is 32.1. The molecule has 0 aliphatic heterocycles. The molecule has 1 atom stereocenters. The van der Waals surface area contributed by atoms with Crippen molar-refractivity contribution in [3.63, 3.8) is 0 Å². The summed E-state index contributed by atoms with van der Waals surface area (Å²) >= 11 is 3.06. The molecule has 0 saturated carbocycles. The molecule has 2 aromatic rings. The van der Waals surface area contributed by atoms with Crippen molar-refractivity contribution in [3.05, 3.63) is 22.8 Å². The molecule has 1 N–H and O–H groups in total. The van der Waals surface area contributed by atoms with Crippen LogP contribution in [0.2, 0.25) is 0 Å². The number of rotatable bonds is 2. The minimum Gasteiger partial charge on any atom is -0.388 e. The van der Waals surface area contributed by atoms with Crippen molar-refractivity contribution in [1.82, 2.24) is 9.97 Å². The Hall–Kier alpha value is -0.780. The zero-order valence-corrected chi connectivity index (χ0v) is 8.60. The molecule has 3 nitrogen and oxygen atoms in total. The van der Waals surface area contributed by atoms with Gasteiger partial charge in [0.1, 0.15) is 5.01 Å². The van der Waals surface area contributed by atoms with Crippen LogP contribution in [0.15, 0.2) is 17.9 Å². The number of hydrogen-bond acceptors (Lipinski definition) is 5. The topological polar surface area (TPSA) is 46.0 Å². The maximum absolute atomic E-state index is 9.29. The number of hydrogen-bond donors (Lipinski definition) is 1. The van der Waals surface area contributed by atoms with Gasteiger partial charge < -0.3 is 5.11 Å². The highest BCUT2D eigenvalue weighted by Gasteiger charge is 2.08. The van der Waals surface area contributed by atoms with E-state index >= 15 is 0 Å². The first-order valence-electron chi connectivity index (χ1n) is 3.80. The van der Waals surface area contributed by atoms with Crippen molar-refractivity contribution in [3.8, 4) is 9.88 Å². The van der Waals surface area contributed by atoms with Crippen LogP contribution in [-0.4, -0.2) is 15.1 Å². The van der Waals surface area contributed by atoms with E-state index < -0.39 is 6.10 Å². The van der Waals surface area contributed by atoms with Crippen LogP contribution < -0.4 is 0 Å². The van der Waals surface area contributed by atoms with Gasteiger partial charge in [0.2, 0.25) is 0 Å². The van der Waals surface area contributed by atoms with Crippen molar-refractivity contribution in [2.45, 2.75) is 13.0 Å². The fourth-order valence-corrected chi connectivity index (χ4v) is 2.45. The summed E-state index contributed by atoms with van der Waals surface area (Å²) in [6, 6.07) is 0. The van der Waals surface area contributed by atoms with E-state index in [1.54, 1.807) is 36.2 Å². The van der Waals surface area contributed by atoms with Crippen LogP contribution in [-0.2, 0) is 0 Å². The van der Waals surface area contributed by atoms with Gasteiger partial charge in [-0.1, -0.05) is 0 Å². The third-order valence-corrected chi connectivity index (χ3v) is 3.69. The molecule has 0 spiro atoms. The second-order valence-corrected chi connectivity index (χ2v) is 4.56. The Bertz CT molecular complexity index is 381. The Morgan fingerprint density at radius 2 is 2.31 bits per heavy atom. The number of nitrogens with zero attached hydrogens (tertiary/aromatic N) is 2. The molecule has 13 heavy (non-hydrogen) atoms. The summed E-state index contributed by atoms with van der Waals surface area (Å²) in [7, 11) is 0. The molecule has 0 bridgehead atoms. The predicted octanol–water partition coefficient (Wildman–Crippen LogP) is 2.32. The molecule has 2 rings (SSSR count). The molecule has 68 valence electrons. The zero-order chi connectivity index (χ0) is 9.26. The molecule has 0 fully saturated rings. The molecule has 0 saturated heterocycles. The summed E-state index contributed by atoms with van der Waals surface area (Å²) in [5.41, 5.74) is 1.78. The van der Waals surface area contributed by atoms with Crippen LogP contribution in [0.25, 0.3) is 9.88 Å². The van der Waals surface area contributed by atoms with Crippen LogP contribution in [0.3, 0.4) is 0 Å². The molecule has 0 aliphatic rings. The molecule has 2 aromatic heterocycles. The number of thiazole rings is 2. The van der Waals surface area contributed by atoms with Crippen molar-refractivity contribution < 1.29 is 5.11 Å². The first-order chi connectivity index (χ1) is 6.27. The molecule has 0 amide bonds. The van der Waals surface area contributed by atoms with E-state index in [1.807, 2.05) is 0 Å². The first kappa shape index (κ1) is 8.80. The summed E-state index contributed by atoms with van der Waals surface area (Å²) < 4.78 is 0. The van der Waals surface area contributed by atoms with Gasteiger partial charge in [0, 0.05) is 12.4 Å². The van der Waals surface area contributed by atoms with Crippen molar-refractivity contribution in [2.75, 3.05) is 0 Å². The van der Waals surface area contributed by atoms with E-state index in [1.165, 1.54) is 11.3 Å². The number of aliphatic hydroxyl groups excluding tert-OH is 1. The second kappa shape index (κ2) is 3.53. The average molecular weight is 212 g/mol. The van der Waals surface area contributed by atoms with Gasteiger partial charge in [0.15, 0.2) is 0 Å². The largest absolute Gasteiger partial charge is 0.388 e. The molecular weight excluding hydrogens is 204 g/mol. The predicted molar refractivity (Wildman–Crippen MR) is 53.9 cm³/mol. The Morgan fingerprint density at radius 1 is 1.46 bits per heavy atom. The summed E-state index contributed by atoms with van der Waals surface area (Å²) in [4.78, 5) is 10.1. The SMILES string of the molecule is CC(O)c1cnc(-c2cncs2)s1. The Morgan fingerprint density at radius 3 is 2.85 bits per heavy atom. The van der Waals surface area contributed by atoms with Gasteiger partial charge in [-0.05, 0) is 6.92 Å². The highest BCUT2D eigenvalue weighted by Crippen LogP contribution is 2.30. The van der Waals surface area contributed by atoms with Gasteiger partial charge >= 0.3 is 0 Å². The van der Waals surface area contributed by atoms with E-state index in [9.17, 15) is 5.11 Å². The normalized spacial score (nSPS) is 13.1. The minimum atomic E-state index is -0.431. The van der Waals surface area contributed by atoms with Crippen molar-refractivity contribution >= 4 is 22.7 Å². The molecule has 1 unspecified atom stereocenters. The summed E-state index contributed by atoms with van der Waals surface area (Å²) in [5, 5.41) is 10.2. The van der Waals surface area contributed by atoms with Crippen LogP contribution >= 0.6 is 22.7 Å². The maximum atomic E-state index is 9.29. The first-order valence-corrected chi connectivity index (χ1v) is 5.49. The van der Waals surface area contributed by atoms with Crippen LogP contribution in [0.5, 0.6) is 0 Å². The van der Waals surface area contributed by atoms with Gasteiger partial charge in [0.25, 0.3) is 0 Å². The average Bonchev–Trinajstić information content (AvgIpc) is 2.75. The van der Waals surface area contributed by atoms with Crippen LogP contribution in [0.1, 0.15) is 17.9 Å². The number of aliphatic hydroxyl groups is 1. The Balaban J connectivity index is 2.33. The van der Waals surface area contributed by atoms with Gasteiger partial charge in [-0.3, -0.25) is 4.98 Å². The molecule has 0 aliphatic carbocycles. The van der Waals surface area contributed by atoms with E-state index in [0.717, 1.165) is 14.8 Å². The van der Waals surface area contributed by atoms with Gasteiger partial charge in [-0.15, -0.1) is 22.7 Å². The van der Waals surface area contributed by atoms with Crippen molar-refractivity contribution in [2.24, 2.45) is 0 Å². The molecule has 5 heteroatoms. The fraction of sp³-hybridized carbons (Fsp3) is 0.250. The lowest BCUT2D eigenvalue weighted by atomic mass is 10.4. The third kappa shape index (κ3) is 1.77. The van der Waals surface area contributed by atoms with Crippen LogP contribution in [0, 0.1) is 0 Å². The molecule has 2 heterocycles. The molecular formula is C8H8N2OS2. The zero-order valence-electron chi connectivity index (χ0n) is 6.97. The van der Waals surface area contributed by atoms with Crippen molar-refractivity contribution in [1.29, 1.82) is 0 Å². The Kier molecular flexibility index (Phi) is 2.39. The summed E-state index contributed by atoms with van der Waals surface area (Å²) in [5.74, 6) is 0. The van der Waals surface area contributed by atoms with E-state index in [4.69, 9.17) is 0 Å². The molecule has 0 radical (unpaired) electrons. The monoisotopic (exact) mass is 212 g/mol. The van der Waals surface area contributed by atoms with Gasteiger partial charge in [-0.25, -0.2) is 4.98 Å². The van der Waals surface area contributed by atoms with E-state index in [-0.39, 0.29) is 0 Å². The number of aromatic nitrogens is 2.